The molecule has 0 saturated carbocycles. The molecule has 0 aromatic heterocycles. The van der Waals surface area contributed by atoms with E-state index in [0.717, 1.165) is 5.69 Å². The second kappa shape index (κ2) is 6.75. The van der Waals surface area contributed by atoms with Gasteiger partial charge in [0.05, 0.1) is 0 Å². The molecule has 3 heteroatoms. The quantitative estimate of drug-likeness (QED) is 0.867. The van der Waals surface area contributed by atoms with Crippen LogP contribution in [0.25, 0.3) is 0 Å². The maximum absolute atomic E-state index is 11.8. The summed E-state index contributed by atoms with van der Waals surface area (Å²) in [5, 5.41) is 5.72. The molecule has 0 heterocycles. The van der Waals surface area contributed by atoms with Gasteiger partial charge in [0, 0.05) is 12.2 Å². The van der Waals surface area contributed by atoms with Crippen molar-refractivity contribution < 1.29 is 4.79 Å². The zero-order valence-corrected chi connectivity index (χ0v) is 11.9. The summed E-state index contributed by atoms with van der Waals surface area (Å²) in [6.45, 7) is 4.73. The average molecular weight is 268 g/mol. The van der Waals surface area contributed by atoms with Crippen LogP contribution in [0.4, 0.5) is 10.5 Å². The zero-order valence-electron chi connectivity index (χ0n) is 11.9. The van der Waals surface area contributed by atoms with Crippen LogP contribution < -0.4 is 10.6 Å². The van der Waals surface area contributed by atoms with E-state index < -0.39 is 0 Å². The molecule has 0 saturated heterocycles. The summed E-state index contributed by atoms with van der Waals surface area (Å²) in [5.74, 6) is 0.292. The van der Waals surface area contributed by atoms with Crippen molar-refractivity contribution in [2.75, 3.05) is 11.9 Å². The van der Waals surface area contributed by atoms with Gasteiger partial charge in [0.1, 0.15) is 0 Å². The monoisotopic (exact) mass is 268 g/mol. The van der Waals surface area contributed by atoms with Crippen molar-refractivity contribution >= 4 is 11.7 Å². The Balaban J connectivity index is 1.82. The van der Waals surface area contributed by atoms with Crippen molar-refractivity contribution in [1.82, 2.24) is 5.32 Å². The minimum atomic E-state index is -0.170. The van der Waals surface area contributed by atoms with Crippen LogP contribution in [0.3, 0.4) is 0 Å². The topological polar surface area (TPSA) is 41.1 Å². The highest BCUT2D eigenvalue weighted by molar-refractivity contribution is 5.89. The maximum Gasteiger partial charge on any atom is 0.319 e. The lowest BCUT2D eigenvalue weighted by molar-refractivity contribution is 0.251. The second-order valence-electron chi connectivity index (χ2n) is 5.01. The first-order chi connectivity index (χ1) is 9.65. The standard InChI is InChI=1S/C17H20N2O/c1-13-8-10-16(11-9-13)19-17(20)18-12-14(2)15-6-4-3-5-7-15/h3-11,14H,12H2,1-2H3,(H2,18,19,20)/t14-/m1/s1. The van der Waals surface area contributed by atoms with E-state index in [1.807, 2.05) is 49.4 Å². The molecular formula is C17H20N2O. The number of hydrogen-bond donors (Lipinski definition) is 2. The van der Waals surface area contributed by atoms with E-state index in [0.29, 0.717) is 12.5 Å². The van der Waals surface area contributed by atoms with E-state index in [4.69, 9.17) is 0 Å². The number of benzene rings is 2. The molecule has 3 nitrogen and oxygen atoms in total. The van der Waals surface area contributed by atoms with Gasteiger partial charge in [-0.3, -0.25) is 0 Å². The summed E-state index contributed by atoms with van der Waals surface area (Å²) in [5.41, 5.74) is 3.21. The van der Waals surface area contributed by atoms with Gasteiger partial charge in [-0.15, -0.1) is 0 Å². The molecule has 2 N–H and O–H groups in total. The molecule has 2 aromatic carbocycles. The van der Waals surface area contributed by atoms with E-state index in [1.165, 1.54) is 11.1 Å². The molecule has 0 radical (unpaired) electrons. The summed E-state index contributed by atoms with van der Waals surface area (Å²) in [7, 11) is 0. The first kappa shape index (κ1) is 14.1. The molecule has 2 aromatic rings. The summed E-state index contributed by atoms with van der Waals surface area (Å²) in [6.07, 6.45) is 0. The van der Waals surface area contributed by atoms with E-state index in [2.05, 4.69) is 29.7 Å². The molecule has 0 fully saturated rings. The Labute approximate surface area is 120 Å². The summed E-state index contributed by atoms with van der Waals surface area (Å²) in [4.78, 5) is 11.8. The fourth-order valence-electron chi connectivity index (χ4n) is 1.96. The third-order valence-electron chi connectivity index (χ3n) is 3.25. The molecule has 0 bridgehead atoms. The van der Waals surface area contributed by atoms with Gasteiger partial charge in [-0.05, 0) is 30.5 Å². The fourth-order valence-corrected chi connectivity index (χ4v) is 1.96. The Bertz CT molecular complexity index is 549. The molecule has 0 aliphatic rings. The number of rotatable bonds is 4. The average Bonchev–Trinajstić information content (AvgIpc) is 2.48. The number of amides is 2. The largest absolute Gasteiger partial charge is 0.337 e. The molecule has 1 atom stereocenters. The number of hydrogen-bond acceptors (Lipinski definition) is 1. The van der Waals surface area contributed by atoms with Gasteiger partial charge in [0.15, 0.2) is 0 Å². The van der Waals surface area contributed by atoms with Gasteiger partial charge in [0.25, 0.3) is 0 Å². The molecule has 2 rings (SSSR count). The number of carbonyl (C=O) groups excluding carboxylic acids is 1. The number of urea groups is 1. The molecule has 0 aliphatic carbocycles. The maximum atomic E-state index is 11.8. The summed E-state index contributed by atoms with van der Waals surface area (Å²) >= 11 is 0. The second-order valence-corrected chi connectivity index (χ2v) is 5.01. The van der Waals surface area contributed by atoms with Crippen LogP contribution in [-0.4, -0.2) is 12.6 Å². The Kier molecular flexibility index (Phi) is 4.77. The smallest absolute Gasteiger partial charge is 0.319 e. The van der Waals surface area contributed by atoms with Gasteiger partial charge >= 0.3 is 6.03 Å². The van der Waals surface area contributed by atoms with Crippen molar-refractivity contribution in [3.05, 3.63) is 65.7 Å². The minimum Gasteiger partial charge on any atom is -0.337 e. The molecular weight excluding hydrogens is 248 g/mol. The van der Waals surface area contributed by atoms with Crippen molar-refractivity contribution in [3.8, 4) is 0 Å². The van der Waals surface area contributed by atoms with Crippen molar-refractivity contribution in [3.63, 3.8) is 0 Å². The number of anilines is 1. The van der Waals surface area contributed by atoms with Crippen LogP contribution in [-0.2, 0) is 0 Å². The van der Waals surface area contributed by atoms with Crippen LogP contribution in [0.2, 0.25) is 0 Å². The van der Waals surface area contributed by atoms with Crippen molar-refractivity contribution in [2.45, 2.75) is 19.8 Å². The predicted octanol–water partition coefficient (Wildman–Crippen LogP) is 3.92. The molecule has 2 amide bonds. The third kappa shape index (κ3) is 4.12. The Hall–Kier alpha value is -2.29. The third-order valence-corrected chi connectivity index (χ3v) is 3.25. The summed E-state index contributed by atoms with van der Waals surface area (Å²) in [6, 6.07) is 17.7. The van der Waals surface area contributed by atoms with E-state index in [9.17, 15) is 4.79 Å². The number of aryl methyl sites for hydroxylation is 1. The molecule has 0 aliphatic heterocycles. The Morgan fingerprint density at radius 3 is 2.35 bits per heavy atom. The zero-order chi connectivity index (χ0) is 14.4. The SMILES string of the molecule is Cc1ccc(NC(=O)NC[C@@H](C)c2ccccc2)cc1. The van der Waals surface area contributed by atoms with Crippen LogP contribution in [0, 0.1) is 6.92 Å². The van der Waals surface area contributed by atoms with Crippen molar-refractivity contribution in [2.24, 2.45) is 0 Å². The van der Waals surface area contributed by atoms with Crippen LogP contribution in [0.15, 0.2) is 54.6 Å². The molecule has 104 valence electrons. The van der Waals surface area contributed by atoms with Gasteiger partial charge < -0.3 is 10.6 Å². The highest BCUT2D eigenvalue weighted by Gasteiger charge is 2.07. The fraction of sp³-hybridized carbons (Fsp3) is 0.235. The van der Waals surface area contributed by atoms with Crippen LogP contribution in [0.1, 0.15) is 24.0 Å². The highest BCUT2D eigenvalue weighted by atomic mass is 16.2. The van der Waals surface area contributed by atoms with Crippen LogP contribution in [0.5, 0.6) is 0 Å². The highest BCUT2D eigenvalue weighted by Crippen LogP contribution is 2.13. The van der Waals surface area contributed by atoms with E-state index in [1.54, 1.807) is 0 Å². The van der Waals surface area contributed by atoms with E-state index >= 15 is 0 Å². The first-order valence-corrected chi connectivity index (χ1v) is 6.81. The lowest BCUT2D eigenvalue weighted by Gasteiger charge is -2.13. The number of carbonyl (C=O) groups is 1. The van der Waals surface area contributed by atoms with Gasteiger partial charge in [-0.25, -0.2) is 4.79 Å². The Morgan fingerprint density at radius 1 is 1.05 bits per heavy atom. The lowest BCUT2D eigenvalue weighted by Crippen LogP contribution is -2.31. The van der Waals surface area contributed by atoms with Crippen molar-refractivity contribution in [1.29, 1.82) is 0 Å². The first-order valence-electron chi connectivity index (χ1n) is 6.81. The molecule has 0 unspecified atom stereocenters. The number of nitrogens with one attached hydrogen (secondary N) is 2. The normalized spacial score (nSPS) is 11.7. The van der Waals surface area contributed by atoms with E-state index in [-0.39, 0.29) is 6.03 Å². The predicted molar refractivity (Wildman–Crippen MR) is 83.1 cm³/mol. The minimum absolute atomic E-state index is 0.170. The van der Waals surface area contributed by atoms with Gasteiger partial charge in [-0.2, -0.15) is 0 Å². The van der Waals surface area contributed by atoms with Crippen LogP contribution >= 0.6 is 0 Å². The Morgan fingerprint density at radius 2 is 1.70 bits per heavy atom. The summed E-state index contributed by atoms with van der Waals surface area (Å²) < 4.78 is 0. The van der Waals surface area contributed by atoms with Gasteiger partial charge in [-0.1, -0.05) is 55.0 Å². The van der Waals surface area contributed by atoms with Gasteiger partial charge in [0.2, 0.25) is 0 Å². The molecule has 20 heavy (non-hydrogen) atoms. The lowest BCUT2D eigenvalue weighted by atomic mass is 10.0. The molecule has 0 spiro atoms.